The van der Waals surface area contributed by atoms with Gasteiger partial charge in [-0.15, -0.1) is 0 Å². The van der Waals surface area contributed by atoms with Crippen LogP contribution in [-0.2, 0) is 0 Å². The van der Waals surface area contributed by atoms with E-state index in [1.165, 1.54) is 23.5 Å². The summed E-state index contributed by atoms with van der Waals surface area (Å²) >= 11 is 1.32. The summed E-state index contributed by atoms with van der Waals surface area (Å²) in [7, 11) is 1.60. The molecule has 0 saturated carbocycles. The Hall–Kier alpha value is -3.19. The molecule has 0 fully saturated rings. The average Bonchev–Trinajstić information content (AvgIpc) is 3.22. The second-order valence-corrected chi connectivity index (χ2v) is 6.96. The summed E-state index contributed by atoms with van der Waals surface area (Å²) in [4.78, 5) is 18.5. The van der Waals surface area contributed by atoms with E-state index in [1.54, 1.807) is 43.5 Å². The first-order valence-electron chi connectivity index (χ1n) is 8.25. The molecule has 0 aliphatic carbocycles. The third-order valence-corrected chi connectivity index (χ3v) is 5.41. The number of carbonyl (C=O) groups is 1. The van der Waals surface area contributed by atoms with Crippen molar-refractivity contribution in [3.8, 4) is 17.0 Å². The SMILES string of the molecule is COc1ccc(NC(=O)c2sc3nc(-c4ccc(F)cc4)cn3c2C)cc1. The number of rotatable bonds is 4. The van der Waals surface area contributed by atoms with Crippen molar-refractivity contribution in [1.29, 1.82) is 0 Å². The fourth-order valence-corrected chi connectivity index (χ4v) is 3.79. The van der Waals surface area contributed by atoms with E-state index in [0.717, 1.165) is 22.7 Å². The average molecular weight is 381 g/mol. The van der Waals surface area contributed by atoms with Crippen LogP contribution in [0.25, 0.3) is 16.2 Å². The predicted octanol–water partition coefficient (Wildman–Crippen LogP) is 4.77. The normalized spacial score (nSPS) is 10.9. The molecule has 0 spiro atoms. The summed E-state index contributed by atoms with van der Waals surface area (Å²) in [5, 5.41) is 2.89. The van der Waals surface area contributed by atoms with Gasteiger partial charge in [-0.05, 0) is 55.5 Å². The topological polar surface area (TPSA) is 55.6 Å². The minimum atomic E-state index is -0.284. The molecule has 0 saturated heterocycles. The Morgan fingerprint density at radius 2 is 1.85 bits per heavy atom. The number of ether oxygens (including phenoxy) is 1. The van der Waals surface area contributed by atoms with Crippen LogP contribution >= 0.6 is 11.3 Å². The van der Waals surface area contributed by atoms with Gasteiger partial charge in [0.05, 0.1) is 12.8 Å². The molecule has 1 amide bonds. The Labute approximate surface area is 159 Å². The van der Waals surface area contributed by atoms with Crippen molar-refractivity contribution >= 4 is 27.9 Å². The molecule has 136 valence electrons. The molecule has 0 atom stereocenters. The second-order valence-electron chi connectivity index (χ2n) is 5.98. The van der Waals surface area contributed by atoms with Gasteiger partial charge in [-0.1, -0.05) is 11.3 Å². The maximum absolute atomic E-state index is 13.1. The first-order chi connectivity index (χ1) is 13.0. The molecule has 0 unspecified atom stereocenters. The number of hydrogen-bond acceptors (Lipinski definition) is 4. The molecule has 0 aliphatic heterocycles. The number of imidazole rings is 1. The number of halogens is 1. The summed E-state index contributed by atoms with van der Waals surface area (Å²) in [6.45, 7) is 1.88. The van der Waals surface area contributed by atoms with E-state index in [4.69, 9.17) is 4.74 Å². The van der Waals surface area contributed by atoms with Gasteiger partial charge in [0.2, 0.25) is 0 Å². The summed E-state index contributed by atoms with van der Waals surface area (Å²) in [6, 6.07) is 13.3. The molecule has 27 heavy (non-hydrogen) atoms. The van der Waals surface area contributed by atoms with Gasteiger partial charge < -0.3 is 10.1 Å². The summed E-state index contributed by atoms with van der Waals surface area (Å²) < 4.78 is 20.1. The number of fused-ring (bicyclic) bond motifs is 1. The van der Waals surface area contributed by atoms with Crippen LogP contribution in [0.15, 0.2) is 54.7 Å². The molecule has 0 aliphatic rings. The van der Waals surface area contributed by atoms with Gasteiger partial charge in [-0.2, -0.15) is 0 Å². The number of benzene rings is 2. The lowest BCUT2D eigenvalue weighted by Crippen LogP contribution is -2.11. The van der Waals surface area contributed by atoms with Gasteiger partial charge in [-0.25, -0.2) is 9.37 Å². The summed E-state index contributed by atoms with van der Waals surface area (Å²) in [6.07, 6.45) is 1.86. The standard InChI is InChI=1S/C20H16FN3O2S/c1-12-18(19(25)22-15-7-9-16(26-2)10-8-15)27-20-23-17(11-24(12)20)13-3-5-14(21)6-4-13/h3-11H,1-2H3,(H,22,25). The lowest BCUT2D eigenvalue weighted by molar-refractivity contribution is 0.102. The number of carbonyl (C=O) groups excluding carboxylic acids is 1. The third kappa shape index (κ3) is 3.29. The molecule has 2 aromatic heterocycles. The molecule has 4 rings (SSSR count). The number of amides is 1. The van der Waals surface area contributed by atoms with Crippen molar-refractivity contribution in [2.24, 2.45) is 0 Å². The number of aromatic nitrogens is 2. The molecule has 2 heterocycles. The predicted molar refractivity (Wildman–Crippen MR) is 104 cm³/mol. The maximum atomic E-state index is 13.1. The minimum absolute atomic E-state index is 0.184. The highest BCUT2D eigenvalue weighted by molar-refractivity contribution is 7.19. The van der Waals surface area contributed by atoms with Crippen molar-refractivity contribution in [2.45, 2.75) is 6.92 Å². The van der Waals surface area contributed by atoms with Crippen LogP contribution in [0.5, 0.6) is 5.75 Å². The molecule has 1 N–H and O–H groups in total. The van der Waals surface area contributed by atoms with E-state index in [2.05, 4.69) is 10.3 Å². The molecular formula is C20H16FN3O2S. The zero-order chi connectivity index (χ0) is 19.0. The van der Waals surface area contributed by atoms with Crippen LogP contribution in [0.4, 0.5) is 10.1 Å². The van der Waals surface area contributed by atoms with Crippen molar-refractivity contribution < 1.29 is 13.9 Å². The van der Waals surface area contributed by atoms with Crippen LogP contribution in [0, 0.1) is 12.7 Å². The highest BCUT2D eigenvalue weighted by Crippen LogP contribution is 2.28. The summed E-state index contributed by atoms with van der Waals surface area (Å²) in [5.41, 5.74) is 3.07. The Bertz CT molecular complexity index is 1110. The lowest BCUT2D eigenvalue weighted by Gasteiger charge is -2.05. The van der Waals surface area contributed by atoms with Crippen LogP contribution in [0.3, 0.4) is 0 Å². The number of hydrogen-bond donors (Lipinski definition) is 1. The first kappa shape index (κ1) is 17.2. The van der Waals surface area contributed by atoms with Crippen LogP contribution in [-0.4, -0.2) is 22.4 Å². The van der Waals surface area contributed by atoms with E-state index in [-0.39, 0.29) is 11.7 Å². The molecule has 0 radical (unpaired) electrons. The molecular weight excluding hydrogens is 365 g/mol. The quantitative estimate of drug-likeness (QED) is 0.554. The van der Waals surface area contributed by atoms with Gasteiger partial charge in [0.25, 0.3) is 5.91 Å². The van der Waals surface area contributed by atoms with Crippen LogP contribution in [0.2, 0.25) is 0 Å². The summed E-state index contributed by atoms with van der Waals surface area (Å²) in [5.74, 6) is 0.261. The van der Waals surface area contributed by atoms with Gasteiger partial charge in [-0.3, -0.25) is 9.20 Å². The number of nitrogens with one attached hydrogen (secondary N) is 1. The number of nitrogens with zero attached hydrogens (tertiary/aromatic N) is 2. The van der Waals surface area contributed by atoms with Crippen molar-refractivity contribution in [3.63, 3.8) is 0 Å². The van der Waals surface area contributed by atoms with E-state index < -0.39 is 0 Å². The fourth-order valence-electron chi connectivity index (χ4n) is 2.78. The number of thiazole rings is 1. The number of anilines is 1. The van der Waals surface area contributed by atoms with Gasteiger partial charge in [0, 0.05) is 23.1 Å². The van der Waals surface area contributed by atoms with Crippen molar-refractivity contribution in [3.05, 3.63) is 71.1 Å². The monoisotopic (exact) mass is 381 g/mol. The van der Waals surface area contributed by atoms with Crippen molar-refractivity contribution in [2.75, 3.05) is 12.4 Å². The highest BCUT2D eigenvalue weighted by atomic mass is 32.1. The number of aryl methyl sites for hydroxylation is 1. The smallest absolute Gasteiger partial charge is 0.267 e. The fraction of sp³-hybridized carbons (Fsp3) is 0.100. The van der Waals surface area contributed by atoms with E-state index in [0.29, 0.717) is 15.5 Å². The molecule has 5 nitrogen and oxygen atoms in total. The number of methoxy groups -OCH3 is 1. The van der Waals surface area contributed by atoms with E-state index in [9.17, 15) is 9.18 Å². The zero-order valence-corrected chi connectivity index (χ0v) is 15.5. The Morgan fingerprint density at radius 3 is 2.48 bits per heavy atom. The van der Waals surface area contributed by atoms with E-state index >= 15 is 0 Å². The molecule has 0 bridgehead atoms. The second kappa shape index (κ2) is 6.85. The molecule has 7 heteroatoms. The lowest BCUT2D eigenvalue weighted by atomic mass is 10.2. The Kier molecular flexibility index (Phi) is 4.37. The van der Waals surface area contributed by atoms with E-state index in [1.807, 2.05) is 17.5 Å². The Morgan fingerprint density at radius 1 is 1.15 bits per heavy atom. The Balaban J connectivity index is 1.60. The first-order valence-corrected chi connectivity index (χ1v) is 9.06. The largest absolute Gasteiger partial charge is 0.497 e. The molecule has 4 aromatic rings. The van der Waals surface area contributed by atoms with Gasteiger partial charge >= 0.3 is 0 Å². The maximum Gasteiger partial charge on any atom is 0.267 e. The third-order valence-electron chi connectivity index (χ3n) is 4.25. The van der Waals surface area contributed by atoms with Gasteiger partial charge in [0.15, 0.2) is 4.96 Å². The van der Waals surface area contributed by atoms with Gasteiger partial charge in [0.1, 0.15) is 16.4 Å². The van der Waals surface area contributed by atoms with Crippen LogP contribution in [0.1, 0.15) is 15.4 Å². The highest BCUT2D eigenvalue weighted by Gasteiger charge is 2.18. The minimum Gasteiger partial charge on any atom is -0.497 e. The van der Waals surface area contributed by atoms with Crippen LogP contribution < -0.4 is 10.1 Å². The van der Waals surface area contributed by atoms with Crippen molar-refractivity contribution in [1.82, 2.24) is 9.38 Å². The molecule has 2 aromatic carbocycles. The zero-order valence-electron chi connectivity index (χ0n) is 14.7.